The topological polar surface area (TPSA) is 58.2 Å². The summed E-state index contributed by atoms with van der Waals surface area (Å²) in [4.78, 5) is 22.4. The molecular formula is C9H14N2O2. The molecule has 1 saturated heterocycles. The molecule has 0 spiro atoms. The van der Waals surface area contributed by atoms with Crippen molar-refractivity contribution in [3.63, 3.8) is 0 Å². The standard InChI is InChI=1S/C9H14N2O2/c1-3-4-10-8(13)9(2)5-7(12)11-6-9/h3H,1,4-6H2,2H3,(H,10,13)(H,11,12). The Bertz CT molecular complexity index is 250. The highest BCUT2D eigenvalue weighted by Crippen LogP contribution is 2.24. The third-order valence-corrected chi connectivity index (χ3v) is 2.18. The summed E-state index contributed by atoms with van der Waals surface area (Å²) in [6, 6.07) is 0. The first-order valence-corrected chi connectivity index (χ1v) is 4.24. The van der Waals surface area contributed by atoms with E-state index in [2.05, 4.69) is 17.2 Å². The Morgan fingerprint density at radius 2 is 2.54 bits per heavy atom. The van der Waals surface area contributed by atoms with Gasteiger partial charge in [0.15, 0.2) is 0 Å². The van der Waals surface area contributed by atoms with Gasteiger partial charge in [0.1, 0.15) is 0 Å². The normalized spacial score (nSPS) is 26.7. The summed E-state index contributed by atoms with van der Waals surface area (Å²) in [5, 5.41) is 5.33. The highest BCUT2D eigenvalue weighted by atomic mass is 16.2. The van der Waals surface area contributed by atoms with E-state index in [4.69, 9.17) is 0 Å². The van der Waals surface area contributed by atoms with Crippen LogP contribution in [0.3, 0.4) is 0 Å². The van der Waals surface area contributed by atoms with Gasteiger partial charge in [-0.3, -0.25) is 9.59 Å². The molecule has 1 heterocycles. The smallest absolute Gasteiger partial charge is 0.228 e. The average Bonchev–Trinajstić information content (AvgIpc) is 2.43. The Hall–Kier alpha value is -1.32. The van der Waals surface area contributed by atoms with Gasteiger partial charge < -0.3 is 10.6 Å². The molecule has 1 aliphatic heterocycles. The zero-order valence-electron chi connectivity index (χ0n) is 7.72. The molecule has 0 aliphatic carbocycles. The molecule has 0 bridgehead atoms. The molecule has 13 heavy (non-hydrogen) atoms. The van der Waals surface area contributed by atoms with E-state index >= 15 is 0 Å². The number of nitrogens with one attached hydrogen (secondary N) is 2. The summed E-state index contributed by atoms with van der Waals surface area (Å²) in [5.41, 5.74) is -0.583. The molecule has 1 atom stereocenters. The maximum Gasteiger partial charge on any atom is 0.228 e. The van der Waals surface area contributed by atoms with Crippen LogP contribution in [0.5, 0.6) is 0 Å². The lowest BCUT2D eigenvalue weighted by Crippen LogP contribution is -2.40. The second-order valence-electron chi connectivity index (χ2n) is 3.51. The summed E-state index contributed by atoms with van der Waals surface area (Å²) >= 11 is 0. The lowest BCUT2D eigenvalue weighted by molar-refractivity contribution is -0.130. The van der Waals surface area contributed by atoms with Gasteiger partial charge in [0, 0.05) is 19.5 Å². The molecule has 4 heteroatoms. The van der Waals surface area contributed by atoms with Crippen LogP contribution in [0.1, 0.15) is 13.3 Å². The van der Waals surface area contributed by atoms with Crippen LogP contribution in [-0.2, 0) is 9.59 Å². The van der Waals surface area contributed by atoms with Gasteiger partial charge in [-0.1, -0.05) is 6.08 Å². The highest BCUT2D eigenvalue weighted by molar-refractivity contribution is 5.92. The first kappa shape index (κ1) is 9.77. The maximum atomic E-state index is 11.5. The Labute approximate surface area is 77.4 Å². The van der Waals surface area contributed by atoms with Crippen molar-refractivity contribution in [1.82, 2.24) is 10.6 Å². The number of rotatable bonds is 3. The van der Waals surface area contributed by atoms with E-state index in [0.717, 1.165) is 0 Å². The predicted molar refractivity (Wildman–Crippen MR) is 48.9 cm³/mol. The molecule has 4 nitrogen and oxygen atoms in total. The number of amides is 2. The van der Waals surface area contributed by atoms with E-state index in [1.165, 1.54) is 0 Å². The summed E-state index contributed by atoms with van der Waals surface area (Å²) < 4.78 is 0. The number of carbonyl (C=O) groups is 2. The summed E-state index contributed by atoms with van der Waals surface area (Å²) in [6.45, 7) is 6.15. The average molecular weight is 182 g/mol. The molecule has 2 amide bonds. The van der Waals surface area contributed by atoms with Gasteiger partial charge in [0.2, 0.25) is 11.8 Å². The predicted octanol–water partition coefficient (Wildman–Crippen LogP) is -0.185. The zero-order chi connectivity index (χ0) is 9.90. The minimum atomic E-state index is -0.583. The van der Waals surface area contributed by atoms with Gasteiger partial charge in [0.25, 0.3) is 0 Å². The van der Waals surface area contributed by atoms with Crippen LogP contribution in [0.2, 0.25) is 0 Å². The Morgan fingerprint density at radius 3 is 3.00 bits per heavy atom. The van der Waals surface area contributed by atoms with E-state index in [9.17, 15) is 9.59 Å². The lowest BCUT2D eigenvalue weighted by atomic mass is 9.88. The molecule has 72 valence electrons. The van der Waals surface area contributed by atoms with Crippen LogP contribution in [0.15, 0.2) is 12.7 Å². The minimum absolute atomic E-state index is 0.0590. The second kappa shape index (κ2) is 3.60. The first-order valence-electron chi connectivity index (χ1n) is 4.24. The molecule has 1 aliphatic rings. The first-order chi connectivity index (χ1) is 6.08. The summed E-state index contributed by atoms with van der Waals surface area (Å²) in [6.07, 6.45) is 1.89. The van der Waals surface area contributed by atoms with Crippen LogP contribution in [0.25, 0.3) is 0 Å². The molecule has 0 aromatic carbocycles. The van der Waals surface area contributed by atoms with Crippen molar-refractivity contribution < 1.29 is 9.59 Å². The Kier molecular flexibility index (Phi) is 2.70. The van der Waals surface area contributed by atoms with Crippen molar-refractivity contribution in [2.75, 3.05) is 13.1 Å². The second-order valence-corrected chi connectivity index (χ2v) is 3.51. The Balaban J connectivity index is 2.54. The molecular weight excluding hydrogens is 168 g/mol. The van der Waals surface area contributed by atoms with Gasteiger partial charge >= 0.3 is 0 Å². The van der Waals surface area contributed by atoms with E-state index in [-0.39, 0.29) is 18.2 Å². The van der Waals surface area contributed by atoms with Crippen LogP contribution < -0.4 is 10.6 Å². The highest BCUT2D eigenvalue weighted by Gasteiger charge is 2.40. The van der Waals surface area contributed by atoms with Gasteiger partial charge in [0.05, 0.1) is 5.41 Å². The summed E-state index contributed by atoms with van der Waals surface area (Å²) in [5.74, 6) is -0.151. The fraction of sp³-hybridized carbons (Fsp3) is 0.556. The van der Waals surface area contributed by atoms with Gasteiger partial charge in [-0.05, 0) is 6.92 Å². The third kappa shape index (κ3) is 2.08. The molecule has 2 N–H and O–H groups in total. The van der Waals surface area contributed by atoms with E-state index in [1.54, 1.807) is 13.0 Å². The molecule has 0 saturated carbocycles. The molecule has 0 aromatic rings. The quantitative estimate of drug-likeness (QED) is 0.595. The fourth-order valence-electron chi connectivity index (χ4n) is 1.31. The van der Waals surface area contributed by atoms with Crippen LogP contribution in [0.4, 0.5) is 0 Å². The van der Waals surface area contributed by atoms with Crippen molar-refractivity contribution >= 4 is 11.8 Å². The third-order valence-electron chi connectivity index (χ3n) is 2.18. The SMILES string of the molecule is C=CCNC(=O)C1(C)CNC(=O)C1. The lowest BCUT2D eigenvalue weighted by Gasteiger charge is -2.19. The molecule has 1 rings (SSSR count). The zero-order valence-corrected chi connectivity index (χ0v) is 7.72. The van der Waals surface area contributed by atoms with Crippen molar-refractivity contribution in [1.29, 1.82) is 0 Å². The number of hydrogen-bond acceptors (Lipinski definition) is 2. The molecule has 0 aromatic heterocycles. The van der Waals surface area contributed by atoms with Crippen LogP contribution in [-0.4, -0.2) is 24.9 Å². The van der Waals surface area contributed by atoms with E-state index < -0.39 is 5.41 Å². The van der Waals surface area contributed by atoms with Gasteiger partial charge in [-0.2, -0.15) is 0 Å². The molecule has 1 fully saturated rings. The number of hydrogen-bond donors (Lipinski definition) is 2. The van der Waals surface area contributed by atoms with Crippen molar-refractivity contribution in [2.45, 2.75) is 13.3 Å². The monoisotopic (exact) mass is 182 g/mol. The minimum Gasteiger partial charge on any atom is -0.355 e. The van der Waals surface area contributed by atoms with Crippen molar-refractivity contribution in [3.05, 3.63) is 12.7 Å². The van der Waals surface area contributed by atoms with Crippen molar-refractivity contribution in [3.8, 4) is 0 Å². The van der Waals surface area contributed by atoms with Gasteiger partial charge in [-0.25, -0.2) is 0 Å². The van der Waals surface area contributed by atoms with Crippen LogP contribution in [0, 0.1) is 5.41 Å². The van der Waals surface area contributed by atoms with Crippen LogP contribution >= 0.6 is 0 Å². The fourth-order valence-corrected chi connectivity index (χ4v) is 1.31. The van der Waals surface area contributed by atoms with E-state index in [1.807, 2.05) is 0 Å². The number of carbonyl (C=O) groups excluding carboxylic acids is 2. The molecule has 1 unspecified atom stereocenters. The maximum absolute atomic E-state index is 11.5. The largest absolute Gasteiger partial charge is 0.355 e. The van der Waals surface area contributed by atoms with Crippen molar-refractivity contribution in [2.24, 2.45) is 5.41 Å². The molecule has 0 radical (unpaired) electrons. The summed E-state index contributed by atoms with van der Waals surface area (Å²) in [7, 11) is 0. The Morgan fingerprint density at radius 1 is 1.85 bits per heavy atom. The van der Waals surface area contributed by atoms with E-state index in [0.29, 0.717) is 13.1 Å². The van der Waals surface area contributed by atoms with Gasteiger partial charge in [-0.15, -0.1) is 6.58 Å².